The van der Waals surface area contributed by atoms with Gasteiger partial charge in [-0.15, -0.1) is 9.42 Å². The molecule has 2 rings (SSSR count). The number of aromatic amines is 1. The number of Topliss-reactive ketones (excluding diaryl/α,β-unsaturated/α-hetero) is 1. The molecule has 0 bridgehead atoms. The van der Waals surface area contributed by atoms with E-state index in [0.717, 1.165) is 49.2 Å². The summed E-state index contributed by atoms with van der Waals surface area (Å²) >= 11 is 0. The minimum atomic E-state index is -3.05. The Labute approximate surface area is 297 Å². The maximum absolute atomic E-state index is 12.8. The summed E-state index contributed by atoms with van der Waals surface area (Å²) in [4.78, 5) is 60.5. The van der Waals surface area contributed by atoms with Crippen molar-refractivity contribution in [2.45, 2.75) is 173 Å². The number of hydrogen-bond donors (Lipinski definition) is 3. The van der Waals surface area contributed by atoms with E-state index >= 15 is 0 Å². The highest BCUT2D eigenvalue weighted by molar-refractivity contribution is 7.32. The molecule has 13 nitrogen and oxygen atoms in total. The zero-order valence-corrected chi connectivity index (χ0v) is 31.3. The number of unbranched alkanes of at least 4 members (excludes halogenated alkanes) is 15. The average molecular weight is 730 g/mol. The van der Waals surface area contributed by atoms with Gasteiger partial charge in [0.05, 0.1) is 6.61 Å². The Morgan fingerprint density at radius 2 is 1.48 bits per heavy atom. The van der Waals surface area contributed by atoms with E-state index in [2.05, 4.69) is 11.9 Å². The summed E-state index contributed by atoms with van der Waals surface area (Å²) in [5.41, 5.74) is -1.36. The second-order valence-electron chi connectivity index (χ2n) is 13.5. The molecule has 1 aliphatic rings. The van der Waals surface area contributed by atoms with Gasteiger partial charge in [-0.25, -0.2) is 4.79 Å². The van der Waals surface area contributed by atoms with Gasteiger partial charge >= 0.3 is 19.9 Å². The topological polar surface area (TPSA) is 183 Å². The lowest BCUT2D eigenvalue weighted by atomic mass is 9.95. The van der Waals surface area contributed by atoms with E-state index in [4.69, 9.17) is 18.7 Å². The summed E-state index contributed by atoms with van der Waals surface area (Å²) in [6.45, 7) is 5.41. The van der Waals surface area contributed by atoms with Crippen molar-refractivity contribution in [3.05, 3.63) is 33.1 Å². The van der Waals surface area contributed by atoms with Crippen molar-refractivity contribution < 1.29 is 42.9 Å². The molecule has 0 aromatic carbocycles. The number of nitrogens with one attached hydrogen (secondary N) is 1. The molecule has 14 heteroatoms. The molecule has 0 amide bonds. The Balaban J connectivity index is 1.60. The number of aromatic nitrogens is 2. The molecule has 3 N–H and O–H groups in total. The highest BCUT2D eigenvalue weighted by Crippen LogP contribution is 2.37. The zero-order valence-electron chi connectivity index (χ0n) is 30.4. The normalized spacial score (nSPS) is 20.5. The molecule has 7 atom stereocenters. The molecular formula is C36H62N2O11P+. The molecule has 1 aromatic rings. The van der Waals surface area contributed by atoms with Crippen LogP contribution in [0.25, 0.3) is 0 Å². The first-order chi connectivity index (χ1) is 24.1. The number of aliphatic hydroxyl groups is 1. The summed E-state index contributed by atoms with van der Waals surface area (Å²) in [5, 5.41) is 9.75. The Kier molecular flexibility index (Phi) is 22.5. The summed E-state index contributed by atoms with van der Waals surface area (Å²) in [7, 11) is -3.05. The average Bonchev–Trinajstić information content (AvgIpc) is 3.41. The molecule has 0 spiro atoms. The van der Waals surface area contributed by atoms with Gasteiger partial charge < -0.3 is 19.3 Å². The molecule has 1 aromatic heterocycles. The van der Waals surface area contributed by atoms with Crippen molar-refractivity contribution in [1.82, 2.24) is 9.55 Å². The largest absolute Gasteiger partial charge is 0.695 e. The number of esters is 1. The van der Waals surface area contributed by atoms with E-state index in [1.807, 2.05) is 6.92 Å². The predicted octanol–water partition coefficient (Wildman–Crippen LogP) is 6.42. The lowest BCUT2D eigenvalue weighted by Gasteiger charge is -2.22. The molecule has 1 fully saturated rings. The Morgan fingerprint density at radius 1 is 0.900 bits per heavy atom. The third-order valence-corrected chi connectivity index (χ3v) is 9.75. The second kappa shape index (κ2) is 25.6. The Morgan fingerprint density at radius 3 is 2.06 bits per heavy atom. The van der Waals surface area contributed by atoms with Gasteiger partial charge in [0.2, 0.25) is 0 Å². The first-order valence-corrected chi connectivity index (χ1v) is 20.0. The fraction of sp³-hybridized carbons (Fsp3) is 0.833. The summed E-state index contributed by atoms with van der Waals surface area (Å²) in [6, 6.07) is 1.13. The zero-order chi connectivity index (χ0) is 36.7. The minimum absolute atomic E-state index is 0.0801. The lowest BCUT2D eigenvalue weighted by molar-refractivity contribution is -0.155. The van der Waals surface area contributed by atoms with Crippen molar-refractivity contribution in [2.24, 2.45) is 5.92 Å². The maximum atomic E-state index is 12.8. The summed E-state index contributed by atoms with van der Waals surface area (Å²) in [5.74, 6) is -0.639. The fourth-order valence-electron chi connectivity index (χ4n) is 6.39. The molecule has 4 unspecified atom stereocenters. The highest BCUT2D eigenvalue weighted by atomic mass is 31.1. The van der Waals surface area contributed by atoms with Crippen molar-refractivity contribution in [2.75, 3.05) is 13.2 Å². The van der Waals surface area contributed by atoms with E-state index in [0.29, 0.717) is 19.3 Å². The van der Waals surface area contributed by atoms with Crippen LogP contribution in [0.3, 0.4) is 0 Å². The van der Waals surface area contributed by atoms with Crippen LogP contribution in [0.4, 0.5) is 0 Å². The first kappa shape index (κ1) is 43.9. The van der Waals surface area contributed by atoms with Crippen LogP contribution in [0.5, 0.6) is 0 Å². The van der Waals surface area contributed by atoms with Crippen LogP contribution in [0.2, 0.25) is 0 Å². The number of H-pyrrole nitrogens is 1. The van der Waals surface area contributed by atoms with E-state index in [1.165, 1.54) is 70.4 Å². The minimum Gasteiger partial charge on any atom is -0.455 e. The SMILES string of the molecule is CCCCCCCCCCCCCCCC(=O)OC(C)C(=O)C(C)CCCCCCO[C@H]1C(O[P+](=O)O)[C@@H](CO)O[C@H]1n1ccc(=O)[nH]c1=O. The molecule has 2 heterocycles. The van der Waals surface area contributed by atoms with Gasteiger partial charge in [-0.3, -0.25) is 23.9 Å². The third-order valence-electron chi connectivity index (χ3n) is 9.32. The van der Waals surface area contributed by atoms with Crippen LogP contribution >= 0.6 is 8.25 Å². The number of ketones is 1. The van der Waals surface area contributed by atoms with E-state index in [-0.39, 0.29) is 24.3 Å². The molecule has 0 radical (unpaired) electrons. The lowest BCUT2D eigenvalue weighted by Crippen LogP contribution is -2.40. The number of carbonyl (C=O) groups is 2. The van der Waals surface area contributed by atoms with Crippen molar-refractivity contribution in [3.63, 3.8) is 0 Å². The van der Waals surface area contributed by atoms with Crippen molar-refractivity contribution in [1.29, 1.82) is 0 Å². The highest BCUT2D eigenvalue weighted by Gasteiger charge is 2.51. The van der Waals surface area contributed by atoms with Gasteiger partial charge in [0.1, 0.15) is 12.2 Å². The quantitative estimate of drug-likeness (QED) is 0.0470. The monoisotopic (exact) mass is 729 g/mol. The van der Waals surface area contributed by atoms with Gasteiger partial charge in [0.15, 0.2) is 24.2 Å². The van der Waals surface area contributed by atoms with Crippen LogP contribution < -0.4 is 11.2 Å². The van der Waals surface area contributed by atoms with Crippen LogP contribution in [-0.2, 0) is 32.9 Å². The van der Waals surface area contributed by atoms with Gasteiger partial charge in [0.25, 0.3) is 5.56 Å². The van der Waals surface area contributed by atoms with Gasteiger partial charge in [0, 0.05) is 35.8 Å². The predicted molar refractivity (Wildman–Crippen MR) is 190 cm³/mol. The van der Waals surface area contributed by atoms with Crippen LogP contribution in [-0.4, -0.2) is 68.9 Å². The second-order valence-corrected chi connectivity index (χ2v) is 14.2. The number of nitrogens with zero attached hydrogens (tertiary/aromatic N) is 1. The smallest absolute Gasteiger partial charge is 0.455 e. The number of carbonyl (C=O) groups excluding carboxylic acids is 2. The van der Waals surface area contributed by atoms with Gasteiger partial charge in [-0.2, -0.15) is 0 Å². The molecule has 0 aliphatic carbocycles. The molecule has 0 saturated carbocycles. The number of hydrogen-bond acceptors (Lipinski definition) is 10. The van der Waals surface area contributed by atoms with Crippen LogP contribution in [0.1, 0.15) is 149 Å². The maximum Gasteiger partial charge on any atom is 0.695 e. The van der Waals surface area contributed by atoms with E-state index < -0.39 is 56.8 Å². The Hall–Kier alpha value is -2.28. The molecular weight excluding hydrogens is 667 g/mol. The van der Waals surface area contributed by atoms with Crippen LogP contribution in [0, 0.1) is 5.92 Å². The number of rotatable bonds is 29. The third kappa shape index (κ3) is 16.8. The molecule has 50 heavy (non-hydrogen) atoms. The summed E-state index contributed by atoms with van der Waals surface area (Å²) in [6.07, 6.45) is 16.2. The Bertz CT molecular complexity index is 1240. The van der Waals surface area contributed by atoms with Gasteiger partial charge in [-0.1, -0.05) is 110 Å². The van der Waals surface area contributed by atoms with Crippen LogP contribution in [0.15, 0.2) is 21.9 Å². The standard InChI is InChI=1S/C36H61N2O11P/c1-4-5-6-7-8-9-10-11-12-13-14-15-19-22-31(41)47-28(3)32(42)27(2)21-18-16-17-20-25-46-34-33(49-50(44)45)29(26-39)48-35(34)38-24-23-30(40)37-36(38)43/h23-24,27-29,33-35,39H,4-22,25-26H2,1-3H3,(H-,37,40,43,44,45)/p+1/t27?,28?,29-,33?,34+,35-/m1/s1. The fourth-order valence-corrected chi connectivity index (χ4v) is 6.85. The number of aliphatic hydroxyl groups excluding tert-OH is 1. The van der Waals surface area contributed by atoms with Gasteiger partial charge in [-0.05, 0) is 26.2 Å². The number of ether oxygens (including phenoxy) is 3. The first-order valence-electron chi connectivity index (χ1n) is 18.8. The van der Waals surface area contributed by atoms with Crippen molar-refractivity contribution >= 4 is 20.0 Å². The van der Waals surface area contributed by atoms with Crippen molar-refractivity contribution in [3.8, 4) is 0 Å². The molecule has 1 aliphatic heterocycles. The summed E-state index contributed by atoms with van der Waals surface area (Å²) < 4.78 is 34.8. The molecule has 286 valence electrons. The van der Waals surface area contributed by atoms with E-state index in [9.17, 15) is 33.7 Å². The molecule has 1 saturated heterocycles. The van der Waals surface area contributed by atoms with E-state index in [1.54, 1.807) is 6.92 Å².